The van der Waals surface area contributed by atoms with E-state index in [1.165, 1.54) is 30.6 Å². The summed E-state index contributed by atoms with van der Waals surface area (Å²) >= 11 is 0. The van der Waals surface area contributed by atoms with Gasteiger partial charge in [0.15, 0.2) is 5.43 Å². The van der Waals surface area contributed by atoms with E-state index in [0.29, 0.717) is 6.54 Å². The minimum atomic E-state index is -1.25. The summed E-state index contributed by atoms with van der Waals surface area (Å²) < 4.78 is 14.6. The monoisotopic (exact) mass is 261 g/mol. The first-order valence-corrected chi connectivity index (χ1v) is 5.66. The molecule has 0 amide bonds. The van der Waals surface area contributed by atoms with Crippen LogP contribution in [0.4, 0.5) is 4.39 Å². The van der Waals surface area contributed by atoms with Crippen LogP contribution in [0.2, 0.25) is 0 Å². The third-order valence-corrected chi connectivity index (χ3v) is 2.87. The van der Waals surface area contributed by atoms with E-state index in [-0.39, 0.29) is 11.4 Å². The average Bonchev–Trinajstić information content (AvgIpc) is 2.34. The van der Waals surface area contributed by atoms with Crippen molar-refractivity contribution >= 4 is 5.97 Å². The van der Waals surface area contributed by atoms with E-state index < -0.39 is 11.4 Å². The lowest BCUT2D eigenvalue weighted by atomic mass is 10.1. The Morgan fingerprint density at radius 3 is 2.74 bits per heavy atom. The van der Waals surface area contributed by atoms with Crippen molar-refractivity contribution in [1.29, 1.82) is 0 Å². The molecule has 98 valence electrons. The van der Waals surface area contributed by atoms with Crippen LogP contribution in [0.25, 0.3) is 0 Å². The van der Waals surface area contributed by atoms with E-state index in [2.05, 4.69) is 0 Å². The Balaban J connectivity index is 2.36. The van der Waals surface area contributed by atoms with Crippen molar-refractivity contribution in [3.8, 4) is 0 Å². The Kier molecular flexibility index (Phi) is 3.46. The maximum absolute atomic E-state index is 13.0. The zero-order valence-corrected chi connectivity index (χ0v) is 10.3. The number of aromatic carboxylic acids is 1. The van der Waals surface area contributed by atoms with E-state index in [9.17, 15) is 14.0 Å². The van der Waals surface area contributed by atoms with Crippen molar-refractivity contribution in [3.63, 3.8) is 0 Å². The van der Waals surface area contributed by atoms with Crippen molar-refractivity contribution in [2.24, 2.45) is 0 Å². The summed E-state index contributed by atoms with van der Waals surface area (Å²) in [6.07, 6.45) is 2.80. The summed E-state index contributed by atoms with van der Waals surface area (Å²) in [7, 11) is 0. The van der Waals surface area contributed by atoms with Crippen LogP contribution in [0.15, 0.2) is 41.5 Å². The van der Waals surface area contributed by atoms with Crippen LogP contribution >= 0.6 is 0 Å². The molecular weight excluding hydrogens is 249 g/mol. The molecule has 1 heterocycles. The van der Waals surface area contributed by atoms with E-state index >= 15 is 0 Å². The lowest BCUT2D eigenvalue weighted by Gasteiger charge is -2.10. The first-order valence-electron chi connectivity index (χ1n) is 5.66. The van der Waals surface area contributed by atoms with Crippen LogP contribution in [-0.4, -0.2) is 15.6 Å². The van der Waals surface area contributed by atoms with Gasteiger partial charge >= 0.3 is 5.97 Å². The van der Waals surface area contributed by atoms with Gasteiger partial charge in [0.05, 0.1) is 0 Å². The number of hydrogen-bond acceptors (Lipinski definition) is 2. The molecule has 1 aromatic carbocycles. The van der Waals surface area contributed by atoms with E-state index in [1.54, 1.807) is 17.6 Å². The fourth-order valence-corrected chi connectivity index (χ4v) is 1.82. The zero-order valence-electron chi connectivity index (χ0n) is 10.3. The number of benzene rings is 1. The summed E-state index contributed by atoms with van der Waals surface area (Å²) in [6, 6.07) is 5.62. The van der Waals surface area contributed by atoms with Gasteiger partial charge in [-0.15, -0.1) is 0 Å². The highest BCUT2D eigenvalue weighted by Crippen LogP contribution is 2.11. The summed E-state index contributed by atoms with van der Waals surface area (Å²) in [5.74, 6) is -1.57. The summed E-state index contributed by atoms with van der Waals surface area (Å²) in [4.78, 5) is 22.2. The third kappa shape index (κ3) is 2.88. The molecule has 0 saturated carbocycles. The Bertz CT molecular complexity index is 691. The van der Waals surface area contributed by atoms with Gasteiger partial charge in [-0.1, -0.05) is 6.07 Å². The molecule has 0 saturated heterocycles. The normalized spacial score (nSPS) is 10.4. The number of aryl methyl sites for hydroxylation is 1. The number of carboxylic acids is 1. The molecule has 0 aliphatic heterocycles. The third-order valence-electron chi connectivity index (χ3n) is 2.87. The number of nitrogens with zero attached hydrogens (tertiary/aromatic N) is 1. The van der Waals surface area contributed by atoms with Gasteiger partial charge in [0, 0.05) is 25.0 Å². The average molecular weight is 261 g/mol. The second kappa shape index (κ2) is 5.06. The number of carboxylic acid groups (broad SMARTS) is 1. The number of hydrogen-bond donors (Lipinski definition) is 1. The number of rotatable bonds is 3. The molecule has 1 N–H and O–H groups in total. The fraction of sp³-hybridized carbons (Fsp3) is 0.143. The van der Waals surface area contributed by atoms with E-state index in [0.717, 1.165) is 11.1 Å². The van der Waals surface area contributed by atoms with Gasteiger partial charge < -0.3 is 9.67 Å². The molecule has 2 aromatic rings. The standard InChI is InChI=1S/C14H12FNO3/c1-9-6-11(15)3-2-10(9)7-16-5-4-13(17)12(8-16)14(18)19/h2-6,8H,7H2,1H3,(H,18,19). The van der Waals surface area contributed by atoms with Crippen LogP contribution in [0.1, 0.15) is 21.5 Å². The molecule has 1 aromatic heterocycles. The molecule has 2 rings (SSSR count). The molecule has 0 atom stereocenters. The van der Waals surface area contributed by atoms with Gasteiger partial charge in [-0.3, -0.25) is 4.79 Å². The van der Waals surface area contributed by atoms with Crippen molar-refractivity contribution in [1.82, 2.24) is 4.57 Å². The smallest absolute Gasteiger partial charge is 0.341 e. The lowest BCUT2D eigenvalue weighted by Crippen LogP contribution is -2.17. The Morgan fingerprint density at radius 2 is 2.11 bits per heavy atom. The van der Waals surface area contributed by atoms with Crippen molar-refractivity contribution in [3.05, 3.63) is 69.4 Å². The number of carbonyl (C=O) groups is 1. The SMILES string of the molecule is Cc1cc(F)ccc1Cn1ccc(=O)c(C(=O)O)c1. The van der Waals surface area contributed by atoms with Crippen LogP contribution in [0, 0.1) is 12.7 Å². The van der Waals surface area contributed by atoms with Gasteiger partial charge in [0.25, 0.3) is 0 Å². The minimum Gasteiger partial charge on any atom is -0.477 e. The fourth-order valence-electron chi connectivity index (χ4n) is 1.82. The molecule has 0 aliphatic rings. The molecule has 0 radical (unpaired) electrons. The highest BCUT2D eigenvalue weighted by Gasteiger charge is 2.09. The first-order chi connectivity index (χ1) is 8.97. The van der Waals surface area contributed by atoms with Crippen LogP contribution in [0.3, 0.4) is 0 Å². The number of halogens is 1. The Labute approximate surface area is 108 Å². The zero-order chi connectivity index (χ0) is 14.0. The van der Waals surface area contributed by atoms with Crippen LogP contribution in [0.5, 0.6) is 0 Å². The maximum Gasteiger partial charge on any atom is 0.341 e. The topological polar surface area (TPSA) is 59.3 Å². The van der Waals surface area contributed by atoms with Crippen molar-refractivity contribution in [2.75, 3.05) is 0 Å². The second-order valence-corrected chi connectivity index (χ2v) is 4.27. The van der Waals surface area contributed by atoms with Gasteiger partial charge in [0.2, 0.25) is 0 Å². The minimum absolute atomic E-state index is 0.276. The molecule has 0 spiro atoms. The molecule has 0 fully saturated rings. The van der Waals surface area contributed by atoms with Crippen molar-refractivity contribution in [2.45, 2.75) is 13.5 Å². The van der Waals surface area contributed by atoms with Gasteiger partial charge in [0.1, 0.15) is 11.4 Å². The highest BCUT2D eigenvalue weighted by atomic mass is 19.1. The summed E-state index contributed by atoms with van der Waals surface area (Å²) in [5, 5.41) is 8.88. The van der Waals surface area contributed by atoms with Crippen molar-refractivity contribution < 1.29 is 14.3 Å². The largest absolute Gasteiger partial charge is 0.477 e. The summed E-state index contributed by atoms with van der Waals surface area (Å²) in [5.41, 5.74) is 0.832. The molecule has 0 aliphatic carbocycles. The molecule has 0 unspecified atom stereocenters. The lowest BCUT2D eigenvalue weighted by molar-refractivity contribution is 0.0694. The van der Waals surface area contributed by atoms with Gasteiger partial charge in [-0.2, -0.15) is 0 Å². The van der Waals surface area contributed by atoms with E-state index in [1.807, 2.05) is 0 Å². The molecule has 5 heteroatoms. The molecule has 4 nitrogen and oxygen atoms in total. The highest BCUT2D eigenvalue weighted by molar-refractivity contribution is 5.86. The predicted molar refractivity (Wildman–Crippen MR) is 67.9 cm³/mol. The van der Waals surface area contributed by atoms with E-state index in [4.69, 9.17) is 5.11 Å². The summed E-state index contributed by atoms with van der Waals surface area (Å²) in [6.45, 7) is 2.16. The molecule has 0 bridgehead atoms. The maximum atomic E-state index is 13.0. The second-order valence-electron chi connectivity index (χ2n) is 4.27. The number of aromatic nitrogens is 1. The molecular formula is C14H12FNO3. The molecule has 19 heavy (non-hydrogen) atoms. The predicted octanol–water partition coefficient (Wildman–Crippen LogP) is 2.04. The van der Waals surface area contributed by atoms with Gasteiger partial charge in [-0.05, 0) is 30.2 Å². The van der Waals surface area contributed by atoms with Crippen LogP contribution in [-0.2, 0) is 6.54 Å². The Morgan fingerprint density at radius 1 is 1.37 bits per heavy atom. The number of pyridine rings is 1. The Hall–Kier alpha value is -2.43. The quantitative estimate of drug-likeness (QED) is 0.919. The van der Waals surface area contributed by atoms with Crippen LogP contribution < -0.4 is 5.43 Å². The van der Waals surface area contributed by atoms with Gasteiger partial charge in [-0.25, -0.2) is 9.18 Å². The first kappa shape index (κ1) is 13.0.